The normalized spacial score (nSPS) is 11.2. The molecule has 0 saturated carbocycles. The van der Waals surface area contributed by atoms with E-state index in [0.29, 0.717) is 15.3 Å². The van der Waals surface area contributed by atoms with E-state index in [1.807, 2.05) is 12.1 Å². The van der Waals surface area contributed by atoms with E-state index in [2.05, 4.69) is 34.8 Å². The molecular formula is C11H10BrNO2S. The summed E-state index contributed by atoms with van der Waals surface area (Å²) in [4.78, 5) is 16.5. The molecule has 0 unspecified atom stereocenters. The maximum atomic E-state index is 11.0. The summed E-state index contributed by atoms with van der Waals surface area (Å²) < 4.78 is 0.628. The summed E-state index contributed by atoms with van der Waals surface area (Å²) in [6.45, 7) is 4.13. The van der Waals surface area contributed by atoms with E-state index < -0.39 is 5.97 Å². The van der Waals surface area contributed by atoms with Gasteiger partial charge in [-0.1, -0.05) is 13.8 Å². The van der Waals surface area contributed by atoms with Crippen LogP contribution < -0.4 is 0 Å². The molecule has 0 spiro atoms. The zero-order valence-corrected chi connectivity index (χ0v) is 11.2. The number of aromatic carboxylic acids is 1. The highest BCUT2D eigenvalue weighted by Gasteiger charge is 2.17. The molecule has 0 radical (unpaired) electrons. The summed E-state index contributed by atoms with van der Waals surface area (Å²) in [5.41, 5.74) is 0.984. The summed E-state index contributed by atoms with van der Waals surface area (Å²) in [6.07, 6.45) is 0. The second-order valence-corrected chi connectivity index (χ2v) is 5.59. The van der Waals surface area contributed by atoms with E-state index in [-0.39, 0.29) is 0 Å². The van der Waals surface area contributed by atoms with Gasteiger partial charge in [-0.2, -0.15) is 0 Å². The predicted octanol–water partition coefficient (Wildman–Crippen LogP) is 3.88. The molecule has 0 amide bonds. The summed E-state index contributed by atoms with van der Waals surface area (Å²) >= 11 is 4.51. The molecule has 0 fully saturated rings. The van der Waals surface area contributed by atoms with Crippen LogP contribution in [0.5, 0.6) is 0 Å². The highest BCUT2D eigenvalue weighted by Crippen LogP contribution is 2.35. The number of aromatic nitrogens is 1. The Bertz CT molecular complexity index is 562. The number of carboxylic acid groups (broad SMARTS) is 1. The van der Waals surface area contributed by atoms with Gasteiger partial charge in [-0.15, -0.1) is 11.3 Å². The molecule has 0 atom stereocenters. The van der Waals surface area contributed by atoms with Gasteiger partial charge in [-0.3, -0.25) is 0 Å². The van der Waals surface area contributed by atoms with Crippen LogP contribution in [0, 0.1) is 0 Å². The number of rotatable bonds is 2. The van der Waals surface area contributed by atoms with Gasteiger partial charge in [0, 0.05) is 11.1 Å². The first kappa shape index (κ1) is 11.5. The van der Waals surface area contributed by atoms with Crippen molar-refractivity contribution in [2.24, 2.45) is 0 Å². The number of fused-ring (bicyclic) bond motifs is 1. The lowest BCUT2D eigenvalue weighted by Gasteiger charge is -2.02. The van der Waals surface area contributed by atoms with Crippen molar-refractivity contribution in [3.05, 3.63) is 27.2 Å². The van der Waals surface area contributed by atoms with Crippen molar-refractivity contribution in [1.82, 2.24) is 4.98 Å². The molecule has 0 aliphatic heterocycles. The van der Waals surface area contributed by atoms with Crippen LogP contribution in [0.3, 0.4) is 0 Å². The molecule has 0 bridgehead atoms. The summed E-state index contributed by atoms with van der Waals surface area (Å²) in [7, 11) is 0. The first-order valence-corrected chi connectivity index (χ1v) is 6.44. The van der Waals surface area contributed by atoms with E-state index in [9.17, 15) is 4.79 Å². The molecule has 0 aliphatic carbocycles. The Balaban J connectivity index is 2.67. The van der Waals surface area contributed by atoms with Crippen LogP contribution in [0.15, 0.2) is 16.6 Å². The third kappa shape index (κ3) is 1.85. The Hall–Kier alpha value is -0.940. The molecule has 0 aromatic carbocycles. The number of carboxylic acids is 1. The summed E-state index contributed by atoms with van der Waals surface area (Å²) in [5, 5.41) is 9.87. The van der Waals surface area contributed by atoms with Crippen molar-refractivity contribution in [3.63, 3.8) is 0 Å². The van der Waals surface area contributed by atoms with E-state index in [0.717, 1.165) is 15.9 Å². The molecule has 3 nitrogen and oxygen atoms in total. The van der Waals surface area contributed by atoms with Gasteiger partial charge in [0.05, 0.1) is 4.47 Å². The molecule has 5 heteroatoms. The molecule has 1 N–H and O–H groups in total. The number of hydrogen-bond donors (Lipinski definition) is 1. The van der Waals surface area contributed by atoms with Crippen molar-refractivity contribution in [1.29, 1.82) is 0 Å². The van der Waals surface area contributed by atoms with E-state index >= 15 is 0 Å². The topological polar surface area (TPSA) is 50.2 Å². The zero-order chi connectivity index (χ0) is 11.9. The van der Waals surface area contributed by atoms with Crippen molar-refractivity contribution < 1.29 is 9.90 Å². The molecule has 2 aromatic heterocycles. The highest BCUT2D eigenvalue weighted by atomic mass is 79.9. The van der Waals surface area contributed by atoms with E-state index in [4.69, 9.17) is 5.11 Å². The summed E-state index contributed by atoms with van der Waals surface area (Å²) in [5.74, 6) is -0.570. The van der Waals surface area contributed by atoms with Gasteiger partial charge in [0.1, 0.15) is 9.71 Å². The fourth-order valence-electron chi connectivity index (χ4n) is 1.42. The van der Waals surface area contributed by atoms with Crippen molar-refractivity contribution in [3.8, 4) is 0 Å². The molecule has 0 saturated heterocycles. The van der Waals surface area contributed by atoms with E-state index in [1.54, 1.807) is 0 Å². The number of pyridine rings is 1. The zero-order valence-electron chi connectivity index (χ0n) is 8.82. The quantitative estimate of drug-likeness (QED) is 0.915. The Morgan fingerprint density at radius 3 is 2.75 bits per heavy atom. The van der Waals surface area contributed by atoms with Crippen molar-refractivity contribution >= 4 is 43.5 Å². The molecule has 16 heavy (non-hydrogen) atoms. The van der Waals surface area contributed by atoms with Crippen LogP contribution in [0.2, 0.25) is 0 Å². The average Bonchev–Trinajstić information content (AvgIpc) is 2.55. The highest BCUT2D eigenvalue weighted by molar-refractivity contribution is 9.10. The molecule has 84 valence electrons. The molecule has 2 heterocycles. The van der Waals surface area contributed by atoms with Crippen LogP contribution in [0.25, 0.3) is 10.2 Å². The number of nitrogens with zero attached hydrogens (tertiary/aromatic N) is 1. The van der Waals surface area contributed by atoms with Crippen molar-refractivity contribution in [2.45, 2.75) is 19.8 Å². The molecular weight excluding hydrogens is 290 g/mol. The lowest BCUT2D eigenvalue weighted by molar-refractivity contribution is 0.0701. The number of carbonyl (C=O) groups is 1. The first-order chi connectivity index (χ1) is 7.50. The second-order valence-electron chi connectivity index (χ2n) is 3.79. The van der Waals surface area contributed by atoms with Gasteiger partial charge in [0.25, 0.3) is 0 Å². The minimum absolute atomic E-state index is 0.309. The average molecular weight is 300 g/mol. The first-order valence-electron chi connectivity index (χ1n) is 4.83. The third-order valence-corrected chi connectivity index (χ3v) is 4.48. The Labute approximate surface area is 105 Å². The SMILES string of the molecule is CC(C)c1ccc2c(Br)c(C(=O)O)sc2n1. The van der Waals surface area contributed by atoms with Crippen LogP contribution in [0.4, 0.5) is 0 Å². The number of thiophene rings is 1. The van der Waals surface area contributed by atoms with Gasteiger partial charge in [0.2, 0.25) is 0 Å². The Kier molecular flexibility index (Phi) is 2.99. The fraction of sp³-hybridized carbons (Fsp3) is 0.273. The minimum atomic E-state index is -0.916. The van der Waals surface area contributed by atoms with Crippen LogP contribution in [-0.4, -0.2) is 16.1 Å². The van der Waals surface area contributed by atoms with Gasteiger partial charge in [-0.25, -0.2) is 9.78 Å². The Morgan fingerprint density at radius 1 is 1.50 bits per heavy atom. The van der Waals surface area contributed by atoms with E-state index in [1.165, 1.54) is 11.3 Å². The lowest BCUT2D eigenvalue weighted by atomic mass is 10.1. The summed E-state index contributed by atoms with van der Waals surface area (Å²) in [6, 6.07) is 3.86. The molecule has 2 aromatic rings. The van der Waals surface area contributed by atoms with Crippen LogP contribution >= 0.6 is 27.3 Å². The van der Waals surface area contributed by atoms with Gasteiger partial charge in [0.15, 0.2) is 0 Å². The largest absolute Gasteiger partial charge is 0.477 e. The third-order valence-electron chi connectivity index (χ3n) is 2.30. The van der Waals surface area contributed by atoms with Gasteiger partial charge < -0.3 is 5.11 Å². The second kappa shape index (κ2) is 4.14. The number of halogens is 1. The standard InChI is InChI=1S/C11H10BrNO2S/c1-5(2)7-4-3-6-8(12)9(11(14)15)16-10(6)13-7/h3-5H,1-2H3,(H,14,15). The van der Waals surface area contributed by atoms with Gasteiger partial charge in [-0.05, 0) is 34.0 Å². The van der Waals surface area contributed by atoms with Gasteiger partial charge >= 0.3 is 5.97 Å². The smallest absolute Gasteiger partial charge is 0.347 e. The van der Waals surface area contributed by atoms with Crippen LogP contribution in [0.1, 0.15) is 35.1 Å². The fourth-order valence-corrected chi connectivity index (χ4v) is 3.20. The number of hydrogen-bond acceptors (Lipinski definition) is 3. The maximum Gasteiger partial charge on any atom is 0.347 e. The minimum Gasteiger partial charge on any atom is -0.477 e. The molecule has 0 aliphatic rings. The maximum absolute atomic E-state index is 11.0. The van der Waals surface area contributed by atoms with Crippen molar-refractivity contribution in [2.75, 3.05) is 0 Å². The monoisotopic (exact) mass is 299 g/mol. The molecule has 2 rings (SSSR count). The predicted molar refractivity (Wildman–Crippen MR) is 68.4 cm³/mol. The Morgan fingerprint density at radius 2 is 2.19 bits per heavy atom. The lowest BCUT2D eigenvalue weighted by Crippen LogP contribution is -1.91. The van der Waals surface area contributed by atoms with Crippen LogP contribution in [-0.2, 0) is 0 Å².